The second kappa shape index (κ2) is 11.5. The molecule has 6 heteroatoms. The molecule has 0 amide bonds. The van der Waals surface area contributed by atoms with Crippen LogP contribution in [0.2, 0.25) is 0 Å². The molecule has 3 aromatic carbocycles. The molecular formula is C31H37O5P. The zero-order valence-electron chi connectivity index (χ0n) is 23.0. The molecule has 0 fully saturated rings. The van der Waals surface area contributed by atoms with Gasteiger partial charge >= 0.3 is 0 Å². The van der Waals surface area contributed by atoms with E-state index in [1.54, 1.807) is 48.5 Å². The van der Waals surface area contributed by atoms with E-state index in [0.29, 0.717) is 5.56 Å². The summed E-state index contributed by atoms with van der Waals surface area (Å²) in [5.74, 6) is 0.623. The van der Waals surface area contributed by atoms with E-state index in [-0.39, 0.29) is 40.1 Å². The average molecular weight is 521 g/mol. The monoisotopic (exact) mass is 520 g/mol. The van der Waals surface area contributed by atoms with Crippen LogP contribution in [0.25, 0.3) is 0 Å². The molecule has 0 saturated carbocycles. The van der Waals surface area contributed by atoms with Crippen molar-refractivity contribution in [1.29, 1.82) is 0 Å². The van der Waals surface area contributed by atoms with Gasteiger partial charge in [-0.05, 0) is 46.6 Å². The lowest BCUT2D eigenvalue weighted by Crippen LogP contribution is -2.24. The zero-order valence-corrected chi connectivity index (χ0v) is 23.9. The molecule has 37 heavy (non-hydrogen) atoms. The van der Waals surface area contributed by atoms with Crippen molar-refractivity contribution in [2.24, 2.45) is 0 Å². The van der Waals surface area contributed by atoms with Crippen molar-refractivity contribution in [2.75, 3.05) is 14.2 Å². The Morgan fingerprint density at radius 3 is 1.51 bits per heavy atom. The molecule has 0 aliphatic heterocycles. The summed E-state index contributed by atoms with van der Waals surface area (Å²) in [4.78, 5) is 29.0. The van der Waals surface area contributed by atoms with Gasteiger partial charge in [-0.15, -0.1) is 0 Å². The maximum atomic E-state index is 15.1. The highest BCUT2D eigenvalue weighted by molar-refractivity contribution is 8.01. The maximum Gasteiger partial charge on any atom is 0.249 e. The van der Waals surface area contributed by atoms with Crippen LogP contribution in [0.15, 0.2) is 60.7 Å². The van der Waals surface area contributed by atoms with Gasteiger partial charge in [-0.1, -0.05) is 90.1 Å². The van der Waals surface area contributed by atoms with Crippen LogP contribution in [0.1, 0.15) is 96.7 Å². The predicted octanol–water partition coefficient (Wildman–Crippen LogP) is 7.74. The number of carbonyl (C=O) groups excluding carboxylic acids is 2. The van der Waals surface area contributed by atoms with Crippen molar-refractivity contribution < 1.29 is 23.6 Å². The molecule has 1 atom stereocenters. The Morgan fingerprint density at radius 1 is 0.649 bits per heavy atom. The van der Waals surface area contributed by atoms with Crippen LogP contribution in [0, 0.1) is 0 Å². The predicted molar refractivity (Wildman–Crippen MR) is 151 cm³/mol. The minimum atomic E-state index is -4.39. The number of carbonyl (C=O) groups is 2. The summed E-state index contributed by atoms with van der Waals surface area (Å²) in [6.45, 7) is 12.3. The van der Waals surface area contributed by atoms with E-state index in [2.05, 4.69) is 13.8 Å². The van der Waals surface area contributed by atoms with E-state index in [1.165, 1.54) is 14.2 Å². The van der Waals surface area contributed by atoms with Gasteiger partial charge in [0.1, 0.15) is 17.1 Å². The first kappa shape index (κ1) is 28.4. The molecule has 196 valence electrons. The van der Waals surface area contributed by atoms with Crippen LogP contribution in [0.4, 0.5) is 0 Å². The third kappa shape index (κ3) is 5.29. The van der Waals surface area contributed by atoms with Crippen molar-refractivity contribution in [3.63, 3.8) is 0 Å². The molecule has 3 aromatic rings. The van der Waals surface area contributed by atoms with Crippen molar-refractivity contribution >= 4 is 23.5 Å². The lowest BCUT2D eigenvalue weighted by atomic mass is 9.85. The van der Waals surface area contributed by atoms with Crippen LogP contribution < -0.4 is 14.8 Å². The van der Waals surface area contributed by atoms with Crippen LogP contribution in [0.3, 0.4) is 0 Å². The number of benzene rings is 3. The fraction of sp³-hybridized carbons (Fsp3) is 0.355. The summed E-state index contributed by atoms with van der Waals surface area (Å²) < 4.78 is 26.0. The Morgan fingerprint density at radius 2 is 1.11 bits per heavy atom. The summed E-state index contributed by atoms with van der Waals surface area (Å²) >= 11 is 0. The van der Waals surface area contributed by atoms with E-state index < -0.39 is 18.2 Å². The second-order valence-corrected chi connectivity index (χ2v) is 12.7. The maximum absolute atomic E-state index is 15.1. The van der Waals surface area contributed by atoms with Gasteiger partial charge in [0.25, 0.3) is 0 Å². The smallest absolute Gasteiger partial charge is 0.249 e. The third-order valence-corrected chi connectivity index (χ3v) is 9.30. The number of ether oxygens (including phenoxy) is 2. The van der Waals surface area contributed by atoms with Gasteiger partial charge < -0.3 is 14.0 Å². The van der Waals surface area contributed by atoms with Gasteiger partial charge in [0.2, 0.25) is 18.2 Å². The summed E-state index contributed by atoms with van der Waals surface area (Å²) in [5.41, 5.74) is 1.64. The molecule has 0 spiro atoms. The molecule has 0 aliphatic rings. The van der Waals surface area contributed by atoms with Crippen LogP contribution in [0.5, 0.6) is 11.5 Å². The van der Waals surface area contributed by atoms with Gasteiger partial charge in [-0.3, -0.25) is 9.59 Å². The summed E-state index contributed by atoms with van der Waals surface area (Å²) in [5, 5.41) is 0.190. The minimum absolute atomic E-state index is 0.00373. The van der Waals surface area contributed by atoms with Gasteiger partial charge in [-0.2, -0.15) is 0 Å². The first-order valence-corrected chi connectivity index (χ1v) is 14.3. The highest BCUT2D eigenvalue weighted by atomic mass is 31.2. The molecule has 0 bridgehead atoms. The van der Waals surface area contributed by atoms with Crippen LogP contribution in [-0.4, -0.2) is 25.3 Å². The van der Waals surface area contributed by atoms with Crippen LogP contribution in [-0.2, 0) is 4.57 Å². The molecule has 3 rings (SSSR count). The van der Waals surface area contributed by atoms with E-state index in [9.17, 15) is 9.59 Å². The Balaban J connectivity index is 2.42. The van der Waals surface area contributed by atoms with E-state index >= 15 is 4.57 Å². The van der Waals surface area contributed by atoms with E-state index in [0.717, 1.165) is 16.7 Å². The Hall–Kier alpha value is -3.17. The average Bonchev–Trinajstić information content (AvgIpc) is 2.90. The normalized spacial score (nSPS) is 13.1. The topological polar surface area (TPSA) is 69.7 Å². The molecule has 0 aromatic heterocycles. The molecule has 0 saturated heterocycles. The fourth-order valence-corrected chi connectivity index (χ4v) is 6.90. The van der Waals surface area contributed by atoms with Crippen LogP contribution >= 0.6 is 7.14 Å². The highest BCUT2D eigenvalue weighted by Gasteiger charge is 2.46. The largest absolute Gasteiger partial charge is 0.496 e. The minimum Gasteiger partial charge on any atom is -0.496 e. The Bertz CT molecular complexity index is 1290. The van der Waals surface area contributed by atoms with Gasteiger partial charge in [0, 0.05) is 10.9 Å². The lowest BCUT2D eigenvalue weighted by Gasteiger charge is -2.25. The molecule has 0 aliphatic carbocycles. The molecule has 0 radical (unpaired) electrons. The van der Waals surface area contributed by atoms with Crippen molar-refractivity contribution in [3.05, 3.63) is 88.5 Å². The standard InChI is InChI=1S/C31H37O5P/c1-19(2)22-17-24(20(3)4)28(25(18-22)21(5)6)30(32)37(34,23-13-10-9-11-14-23)31(33)29-26(35-7)15-12-16-27(29)36-8/h9-21H,1-8H3. The quantitative estimate of drug-likeness (QED) is 0.256. The van der Waals surface area contributed by atoms with Crippen molar-refractivity contribution in [1.82, 2.24) is 0 Å². The van der Waals surface area contributed by atoms with Crippen molar-refractivity contribution in [2.45, 2.75) is 59.3 Å². The SMILES string of the molecule is COc1cccc(OC)c1C(=O)P(=O)(C(=O)c1c(C(C)C)cc(C(C)C)cc1C(C)C)c1ccccc1. The molecule has 5 nitrogen and oxygen atoms in total. The van der Waals surface area contributed by atoms with Gasteiger partial charge in [0.05, 0.1) is 14.2 Å². The Kier molecular flexibility index (Phi) is 8.81. The third-order valence-electron chi connectivity index (χ3n) is 6.68. The first-order chi connectivity index (χ1) is 17.5. The lowest BCUT2D eigenvalue weighted by molar-refractivity contribution is 0.103. The van der Waals surface area contributed by atoms with Crippen molar-refractivity contribution in [3.8, 4) is 11.5 Å². The summed E-state index contributed by atoms with van der Waals surface area (Å²) in [7, 11) is -1.53. The molecule has 1 unspecified atom stereocenters. The summed E-state index contributed by atoms with van der Waals surface area (Å²) in [6, 6.07) is 17.3. The Labute approximate surface area is 220 Å². The molecule has 0 N–H and O–H groups in total. The number of rotatable bonds is 10. The highest BCUT2D eigenvalue weighted by Crippen LogP contribution is 2.55. The number of hydrogen-bond donors (Lipinski definition) is 0. The zero-order chi connectivity index (χ0) is 27.5. The second-order valence-electron chi connectivity index (χ2n) is 10.1. The van der Waals surface area contributed by atoms with E-state index in [1.807, 2.05) is 39.8 Å². The van der Waals surface area contributed by atoms with Gasteiger partial charge in [-0.25, -0.2) is 0 Å². The number of hydrogen-bond acceptors (Lipinski definition) is 5. The van der Waals surface area contributed by atoms with E-state index in [4.69, 9.17) is 9.47 Å². The molecule has 0 heterocycles. The summed E-state index contributed by atoms with van der Waals surface area (Å²) in [6.07, 6.45) is 0. The molecular weight excluding hydrogens is 483 g/mol. The first-order valence-electron chi connectivity index (χ1n) is 12.6. The fourth-order valence-electron chi connectivity index (χ4n) is 4.54. The number of methoxy groups -OCH3 is 2. The van der Waals surface area contributed by atoms with Gasteiger partial charge in [0.15, 0.2) is 0 Å².